The number of nitriles is 1. The van der Waals surface area contributed by atoms with Crippen LogP contribution in [0.1, 0.15) is 59.7 Å². The lowest BCUT2D eigenvalue weighted by atomic mass is 9.83. The van der Waals surface area contributed by atoms with Crippen LogP contribution in [0.4, 0.5) is 4.39 Å². The van der Waals surface area contributed by atoms with Crippen molar-refractivity contribution in [1.29, 1.82) is 5.26 Å². The van der Waals surface area contributed by atoms with Gasteiger partial charge in [0.1, 0.15) is 41.3 Å². The number of halogens is 1. The van der Waals surface area contributed by atoms with Gasteiger partial charge < -0.3 is 29.4 Å². The van der Waals surface area contributed by atoms with Crippen molar-refractivity contribution >= 4 is 5.97 Å². The monoisotopic (exact) mass is 608 g/mol. The molecule has 0 saturated carbocycles. The topological polar surface area (TPSA) is 113 Å². The fourth-order valence-corrected chi connectivity index (χ4v) is 4.89. The third-order valence-corrected chi connectivity index (χ3v) is 7.15. The number of benzene rings is 4. The van der Waals surface area contributed by atoms with Crippen LogP contribution in [0.15, 0.2) is 96.4 Å². The van der Waals surface area contributed by atoms with Crippen molar-refractivity contribution in [1.82, 2.24) is 0 Å². The average molecular weight is 609 g/mol. The highest BCUT2D eigenvalue weighted by atomic mass is 19.1. The Morgan fingerprint density at radius 3 is 2.51 bits per heavy atom. The van der Waals surface area contributed by atoms with E-state index < -0.39 is 11.9 Å². The number of carbonyl (C=O) groups is 1. The van der Waals surface area contributed by atoms with E-state index in [0.717, 1.165) is 24.0 Å². The van der Waals surface area contributed by atoms with Crippen LogP contribution >= 0.6 is 0 Å². The van der Waals surface area contributed by atoms with Gasteiger partial charge in [0.05, 0.1) is 24.7 Å². The Balaban J connectivity index is 1.39. The SMILES string of the molecule is CCCCOc1cccc(C(=O)Oc2ccc3c(c2)OC(N)=C(C#N)C3c2ccc(OCc3ccc(F)cc3)c(OCC)c2)c1. The maximum Gasteiger partial charge on any atom is 0.343 e. The lowest BCUT2D eigenvalue weighted by molar-refractivity contribution is 0.0734. The Kier molecular flexibility index (Phi) is 9.85. The van der Waals surface area contributed by atoms with Crippen molar-refractivity contribution in [3.05, 3.63) is 124 Å². The fraction of sp³-hybridized carbons (Fsp3) is 0.222. The first kappa shape index (κ1) is 31.0. The molecule has 4 aromatic carbocycles. The number of rotatable bonds is 12. The summed E-state index contributed by atoms with van der Waals surface area (Å²) in [6.45, 7) is 5.10. The number of hydrogen-bond acceptors (Lipinski definition) is 8. The van der Waals surface area contributed by atoms with Crippen molar-refractivity contribution in [2.75, 3.05) is 13.2 Å². The van der Waals surface area contributed by atoms with Crippen molar-refractivity contribution in [3.63, 3.8) is 0 Å². The lowest BCUT2D eigenvalue weighted by Crippen LogP contribution is -2.21. The molecule has 0 spiro atoms. The second-order valence-electron chi connectivity index (χ2n) is 10.3. The molecule has 0 bridgehead atoms. The van der Waals surface area contributed by atoms with Gasteiger partial charge in [-0.1, -0.05) is 43.7 Å². The number of allylic oxidation sites excluding steroid dienone is 1. The minimum atomic E-state index is -0.578. The highest BCUT2D eigenvalue weighted by Gasteiger charge is 2.32. The molecule has 1 atom stereocenters. The molecule has 4 aromatic rings. The summed E-state index contributed by atoms with van der Waals surface area (Å²) < 4.78 is 42.4. The first-order chi connectivity index (χ1) is 21.9. The van der Waals surface area contributed by atoms with E-state index in [1.807, 2.05) is 13.0 Å². The van der Waals surface area contributed by atoms with Crippen LogP contribution in [0.25, 0.3) is 0 Å². The van der Waals surface area contributed by atoms with Crippen LogP contribution in [0, 0.1) is 17.1 Å². The molecule has 0 fully saturated rings. The number of unbranched alkanes of at least 4 members (excludes halogenated alkanes) is 1. The number of esters is 1. The van der Waals surface area contributed by atoms with E-state index in [-0.39, 0.29) is 29.6 Å². The summed E-state index contributed by atoms with van der Waals surface area (Å²) in [6, 6.07) is 25.4. The van der Waals surface area contributed by atoms with Gasteiger partial charge in [0.2, 0.25) is 5.88 Å². The molecule has 1 aliphatic heterocycles. The molecular formula is C36H33FN2O6. The van der Waals surface area contributed by atoms with E-state index >= 15 is 0 Å². The molecule has 0 aliphatic carbocycles. The molecule has 2 N–H and O–H groups in total. The summed E-state index contributed by atoms with van der Waals surface area (Å²) in [4.78, 5) is 13.0. The smallest absolute Gasteiger partial charge is 0.343 e. The number of fused-ring (bicyclic) bond motifs is 1. The molecule has 5 rings (SSSR count). The predicted molar refractivity (Wildman–Crippen MR) is 166 cm³/mol. The molecule has 0 radical (unpaired) electrons. The summed E-state index contributed by atoms with van der Waals surface area (Å²) in [7, 11) is 0. The van der Waals surface area contributed by atoms with Crippen LogP contribution in [-0.2, 0) is 6.61 Å². The molecule has 9 heteroatoms. The zero-order valence-corrected chi connectivity index (χ0v) is 25.0. The Bertz CT molecular complexity index is 1750. The predicted octanol–water partition coefficient (Wildman–Crippen LogP) is 7.42. The van der Waals surface area contributed by atoms with Gasteiger partial charge in [-0.3, -0.25) is 0 Å². The minimum Gasteiger partial charge on any atom is -0.494 e. The maximum absolute atomic E-state index is 13.3. The normalized spacial score (nSPS) is 13.7. The Hall–Kier alpha value is -5.49. The van der Waals surface area contributed by atoms with Crippen molar-refractivity contribution in [2.45, 2.75) is 39.2 Å². The average Bonchev–Trinajstić information content (AvgIpc) is 3.04. The summed E-state index contributed by atoms with van der Waals surface area (Å²) >= 11 is 0. The van der Waals surface area contributed by atoms with E-state index in [2.05, 4.69) is 13.0 Å². The van der Waals surface area contributed by atoms with Gasteiger partial charge in [0, 0.05) is 11.6 Å². The lowest BCUT2D eigenvalue weighted by Gasteiger charge is -2.27. The van der Waals surface area contributed by atoms with E-state index in [4.69, 9.17) is 29.4 Å². The maximum atomic E-state index is 13.3. The first-order valence-corrected chi connectivity index (χ1v) is 14.7. The highest BCUT2D eigenvalue weighted by Crippen LogP contribution is 2.45. The molecule has 0 aromatic heterocycles. The van der Waals surface area contributed by atoms with Crippen molar-refractivity contribution in [3.8, 4) is 34.8 Å². The molecule has 230 valence electrons. The van der Waals surface area contributed by atoms with Crippen LogP contribution in [-0.4, -0.2) is 19.2 Å². The fourth-order valence-electron chi connectivity index (χ4n) is 4.89. The number of nitrogens with two attached hydrogens (primary N) is 1. The second-order valence-corrected chi connectivity index (χ2v) is 10.3. The van der Waals surface area contributed by atoms with Gasteiger partial charge in [0.25, 0.3) is 0 Å². The van der Waals surface area contributed by atoms with Gasteiger partial charge in [-0.15, -0.1) is 0 Å². The van der Waals surface area contributed by atoms with Crippen LogP contribution < -0.4 is 29.4 Å². The standard InChI is InChI=1S/C36H33FN2O6/c1-3-5-17-42-27-8-6-7-25(18-27)36(40)44-28-14-15-29-32(20-28)45-35(39)30(21-38)34(29)24-11-16-31(33(19-24)41-4-2)43-22-23-9-12-26(37)13-10-23/h6-16,18-20,34H,3-5,17,22,39H2,1-2H3. The molecule has 1 heterocycles. The van der Waals surface area contributed by atoms with Crippen molar-refractivity contribution < 1.29 is 32.9 Å². The largest absolute Gasteiger partial charge is 0.494 e. The van der Waals surface area contributed by atoms with E-state index in [1.165, 1.54) is 12.1 Å². The minimum absolute atomic E-state index is 0.0509. The summed E-state index contributed by atoms with van der Waals surface area (Å²) in [5, 5.41) is 10.0. The van der Waals surface area contributed by atoms with Gasteiger partial charge in [-0.25, -0.2) is 9.18 Å². The summed E-state index contributed by atoms with van der Waals surface area (Å²) in [5.41, 5.74) is 8.98. The molecule has 8 nitrogen and oxygen atoms in total. The van der Waals surface area contributed by atoms with E-state index in [9.17, 15) is 14.4 Å². The van der Waals surface area contributed by atoms with Gasteiger partial charge in [0.15, 0.2) is 11.5 Å². The van der Waals surface area contributed by atoms with Gasteiger partial charge in [-0.05, 0) is 73.0 Å². The Labute approximate surface area is 261 Å². The number of hydrogen-bond donors (Lipinski definition) is 1. The zero-order chi connectivity index (χ0) is 31.8. The van der Waals surface area contributed by atoms with Gasteiger partial charge >= 0.3 is 5.97 Å². The van der Waals surface area contributed by atoms with Crippen molar-refractivity contribution in [2.24, 2.45) is 5.73 Å². The Morgan fingerprint density at radius 1 is 0.933 bits per heavy atom. The molecule has 0 saturated heterocycles. The number of nitrogens with zero attached hydrogens (tertiary/aromatic N) is 1. The zero-order valence-electron chi connectivity index (χ0n) is 25.0. The van der Waals surface area contributed by atoms with E-state index in [1.54, 1.807) is 66.7 Å². The molecule has 45 heavy (non-hydrogen) atoms. The number of ether oxygens (including phenoxy) is 5. The van der Waals surface area contributed by atoms with E-state index in [0.29, 0.717) is 47.3 Å². The molecular weight excluding hydrogens is 575 g/mol. The van der Waals surface area contributed by atoms with Gasteiger partial charge in [-0.2, -0.15) is 5.26 Å². The molecule has 1 aliphatic rings. The summed E-state index contributed by atoms with van der Waals surface area (Å²) in [6.07, 6.45) is 1.92. The Morgan fingerprint density at radius 2 is 1.76 bits per heavy atom. The highest BCUT2D eigenvalue weighted by molar-refractivity contribution is 5.91. The molecule has 0 amide bonds. The van der Waals surface area contributed by atoms with Crippen LogP contribution in [0.2, 0.25) is 0 Å². The van der Waals surface area contributed by atoms with Crippen LogP contribution in [0.5, 0.6) is 28.7 Å². The quantitative estimate of drug-likeness (QED) is 0.100. The molecule has 1 unspecified atom stereocenters. The van der Waals surface area contributed by atoms with Crippen LogP contribution in [0.3, 0.4) is 0 Å². The second kappa shape index (κ2) is 14.3. The number of carbonyl (C=O) groups excluding carboxylic acids is 1. The summed E-state index contributed by atoms with van der Waals surface area (Å²) in [5.74, 6) is 0.671. The third kappa shape index (κ3) is 7.36. The first-order valence-electron chi connectivity index (χ1n) is 14.7. The third-order valence-electron chi connectivity index (χ3n) is 7.15.